The van der Waals surface area contributed by atoms with Crippen LogP contribution in [0.1, 0.15) is 19.4 Å². The Morgan fingerprint density at radius 3 is 2.94 bits per heavy atom. The Morgan fingerprint density at radius 2 is 2.31 bits per heavy atom. The van der Waals surface area contributed by atoms with Gasteiger partial charge in [-0.2, -0.15) is 0 Å². The molecule has 86 valence electrons. The summed E-state index contributed by atoms with van der Waals surface area (Å²) in [6, 6.07) is 5.09. The van der Waals surface area contributed by atoms with E-state index in [1.165, 1.54) is 0 Å². The Kier molecular flexibility index (Phi) is 2.73. The van der Waals surface area contributed by atoms with Crippen LogP contribution in [-0.4, -0.2) is 23.2 Å². The average Bonchev–Trinajstić information content (AvgIpc) is 2.61. The van der Waals surface area contributed by atoms with Crippen molar-refractivity contribution in [2.45, 2.75) is 32.4 Å². The van der Waals surface area contributed by atoms with Crippen molar-refractivity contribution in [2.75, 3.05) is 5.32 Å². The topological polar surface area (TPSA) is 58.6 Å². The number of carbonyl (C=O) groups is 1. The van der Waals surface area contributed by atoms with Gasteiger partial charge < -0.3 is 15.2 Å². The monoisotopic (exact) mass is 221 g/mol. The summed E-state index contributed by atoms with van der Waals surface area (Å²) >= 11 is 0. The normalized spacial score (nSPS) is 18.1. The van der Waals surface area contributed by atoms with E-state index in [0.717, 1.165) is 17.0 Å². The summed E-state index contributed by atoms with van der Waals surface area (Å²) in [6.07, 6.45) is 0.573. The first-order chi connectivity index (χ1) is 7.58. The molecule has 0 radical (unpaired) electrons. The second kappa shape index (κ2) is 4.04. The molecule has 0 aliphatic carbocycles. The van der Waals surface area contributed by atoms with Gasteiger partial charge in [0.15, 0.2) is 0 Å². The van der Waals surface area contributed by atoms with Crippen LogP contribution in [0.2, 0.25) is 0 Å². The number of anilines is 1. The van der Waals surface area contributed by atoms with Crippen molar-refractivity contribution in [3.05, 3.63) is 23.8 Å². The van der Waals surface area contributed by atoms with Gasteiger partial charge in [0, 0.05) is 17.7 Å². The first kappa shape index (κ1) is 10.8. The van der Waals surface area contributed by atoms with E-state index in [1.54, 1.807) is 0 Å². The smallest absolute Gasteiger partial charge is 0.326 e. The Labute approximate surface area is 94.2 Å². The molecule has 0 bridgehead atoms. The number of aliphatic carboxylic acids is 1. The minimum Gasteiger partial charge on any atom is -0.491 e. The lowest BCUT2D eigenvalue weighted by Crippen LogP contribution is -2.26. The molecule has 0 spiro atoms. The molecular formula is C12H15NO3. The number of ether oxygens (including phenoxy) is 1. The zero-order chi connectivity index (χ0) is 11.7. The fourth-order valence-electron chi connectivity index (χ4n) is 1.87. The molecule has 1 aromatic rings. The highest BCUT2D eigenvalue weighted by molar-refractivity contribution is 5.82. The van der Waals surface area contributed by atoms with E-state index in [-0.39, 0.29) is 6.10 Å². The summed E-state index contributed by atoms with van der Waals surface area (Å²) in [5, 5.41) is 11.9. The predicted molar refractivity (Wildman–Crippen MR) is 61.0 cm³/mol. The molecule has 0 saturated carbocycles. The van der Waals surface area contributed by atoms with Gasteiger partial charge in [-0.1, -0.05) is 6.07 Å². The third-order valence-corrected chi connectivity index (χ3v) is 2.53. The van der Waals surface area contributed by atoms with Gasteiger partial charge in [-0.15, -0.1) is 0 Å². The van der Waals surface area contributed by atoms with Gasteiger partial charge in [-0.05, 0) is 26.0 Å². The summed E-state index contributed by atoms with van der Waals surface area (Å²) < 4.78 is 5.65. The van der Waals surface area contributed by atoms with Crippen molar-refractivity contribution >= 4 is 11.7 Å². The van der Waals surface area contributed by atoms with Crippen molar-refractivity contribution in [1.29, 1.82) is 0 Å². The Balaban J connectivity index is 2.27. The van der Waals surface area contributed by atoms with E-state index < -0.39 is 12.0 Å². The maximum absolute atomic E-state index is 10.9. The molecule has 0 amide bonds. The molecule has 0 fully saturated rings. The molecule has 0 saturated heterocycles. The van der Waals surface area contributed by atoms with Crippen molar-refractivity contribution < 1.29 is 14.6 Å². The lowest BCUT2D eigenvalue weighted by molar-refractivity contribution is -0.137. The maximum atomic E-state index is 10.9. The van der Waals surface area contributed by atoms with Crippen LogP contribution in [0, 0.1) is 0 Å². The van der Waals surface area contributed by atoms with Crippen LogP contribution >= 0.6 is 0 Å². The fourth-order valence-corrected chi connectivity index (χ4v) is 1.87. The lowest BCUT2D eigenvalue weighted by atomic mass is 10.1. The molecule has 1 heterocycles. The fraction of sp³-hybridized carbons (Fsp3) is 0.417. The van der Waals surface area contributed by atoms with Crippen molar-refractivity contribution in [1.82, 2.24) is 0 Å². The maximum Gasteiger partial charge on any atom is 0.326 e. The molecule has 1 atom stereocenters. The Morgan fingerprint density at radius 1 is 1.56 bits per heavy atom. The first-order valence-electron chi connectivity index (χ1n) is 5.36. The van der Waals surface area contributed by atoms with E-state index >= 15 is 0 Å². The zero-order valence-electron chi connectivity index (χ0n) is 9.36. The highest BCUT2D eigenvalue weighted by Crippen LogP contribution is 2.34. The van der Waals surface area contributed by atoms with Crippen LogP contribution in [0.4, 0.5) is 5.69 Å². The average molecular weight is 221 g/mol. The number of carboxylic acid groups (broad SMARTS) is 1. The SMILES string of the molecule is CC(C)Oc1cccc2c1CC(C(=O)O)N2. The molecule has 1 aromatic carbocycles. The van der Waals surface area contributed by atoms with Crippen LogP contribution in [-0.2, 0) is 11.2 Å². The molecule has 4 nitrogen and oxygen atoms in total. The van der Waals surface area contributed by atoms with E-state index in [2.05, 4.69) is 5.32 Å². The van der Waals surface area contributed by atoms with Gasteiger partial charge in [-0.25, -0.2) is 4.79 Å². The van der Waals surface area contributed by atoms with Gasteiger partial charge >= 0.3 is 5.97 Å². The van der Waals surface area contributed by atoms with E-state index in [4.69, 9.17) is 9.84 Å². The van der Waals surface area contributed by atoms with E-state index in [1.807, 2.05) is 32.0 Å². The number of rotatable bonds is 3. The molecule has 0 aromatic heterocycles. The molecule has 1 aliphatic rings. The Bertz CT molecular complexity index is 415. The second-order valence-electron chi connectivity index (χ2n) is 4.19. The molecule has 1 aliphatic heterocycles. The van der Waals surface area contributed by atoms with E-state index in [9.17, 15) is 4.79 Å². The number of hydrogen-bond donors (Lipinski definition) is 2. The third kappa shape index (κ3) is 1.96. The first-order valence-corrected chi connectivity index (χ1v) is 5.36. The van der Waals surface area contributed by atoms with Crippen LogP contribution in [0.15, 0.2) is 18.2 Å². The predicted octanol–water partition coefficient (Wildman–Crippen LogP) is 1.89. The lowest BCUT2D eigenvalue weighted by Gasteiger charge is -2.12. The highest BCUT2D eigenvalue weighted by atomic mass is 16.5. The van der Waals surface area contributed by atoms with Crippen LogP contribution in [0.25, 0.3) is 0 Å². The minimum absolute atomic E-state index is 0.0929. The van der Waals surface area contributed by atoms with E-state index in [0.29, 0.717) is 6.42 Å². The van der Waals surface area contributed by atoms with Crippen LogP contribution < -0.4 is 10.1 Å². The Hall–Kier alpha value is -1.71. The number of nitrogens with one attached hydrogen (secondary N) is 1. The van der Waals surface area contributed by atoms with Crippen molar-refractivity contribution in [3.63, 3.8) is 0 Å². The molecule has 2 rings (SSSR count). The van der Waals surface area contributed by atoms with Gasteiger partial charge in [0.1, 0.15) is 11.8 Å². The van der Waals surface area contributed by atoms with Crippen LogP contribution in [0.5, 0.6) is 5.75 Å². The van der Waals surface area contributed by atoms with Crippen molar-refractivity contribution in [3.8, 4) is 5.75 Å². The largest absolute Gasteiger partial charge is 0.491 e. The summed E-state index contributed by atoms with van der Waals surface area (Å²) in [6.45, 7) is 3.91. The quantitative estimate of drug-likeness (QED) is 0.818. The summed E-state index contributed by atoms with van der Waals surface area (Å²) in [5.74, 6) is -0.0459. The number of hydrogen-bond acceptors (Lipinski definition) is 3. The number of fused-ring (bicyclic) bond motifs is 1. The highest BCUT2D eigenvalue weighted by Gasteiger charge is 2.28. The summed E-state index contributed by atoms with van der Waals surface area (Å²) in [4.78, 5) is 10.9. The molecular weight excluding hydrogens is 206 g/mol. The van der Waals surface area contributed by atoms with Crippen molar-refractivity contribution in [2.24, 2.45) is 0 Å². The third-order valence-electron chi connectivity index (χ3n) is 2.53. The van der Waals surface area contributed by atoms with Gasteiger partial charge in [0.2, 0.25) is 0 Å². The molecule has 4 heteroatoms. The standard InChI is InChI=1S/C12H15NO3/c1-7(2)16-11-5-3-4-9-8(11)6-10(13-9)12(14)15/h3-5,7,10,13H,6H2,1-2H3,(H,14,15). The van der Waals surface area contributed by atoms with Crippen LogP contribution in [0.3, 0.4) is 0 Å². The molecule has 16 heavy (non-hydrogen) atoms. The summed E-state index contributed by atoms with van der Waals surface area (Å²) in [7, 11) is 0. The van der Waals surface area contributed by atoms with Gasteiger partial charge in [0.05, 0.1) is 6.10 Å². The minimum atomic E-state index is -0.827. The molecule has 1 unspecified atom stereocenters. The molecule has 2 N–H and O–H groups in total. The second-order valence-corrected chi connectivity index (χ2v) is 4.19. The number of benzene rings is 1. The summed E-state index contributed by atoms with van der Waals surface area (Å²) in [5.41, 5.74) is 1.83. The number of carboxylic acids is 1. The van der Waals surface area contributed by atoms with Gasteiger partial charge in [-0.3, -0.25) is 0 Å². The van der Waals surface area contributed by atoms with Gasteiger partial charge in [0.25, 0.3) is 0 Å². The zero-order valence-corrected chi connectivity index (χ0v) is 9.36.